The lowest BCUT2D eigenvalue weighted by atomic mass is 10.0. The van der Waals surface area contributed by atoms with Crippen molar-refractivity contribution in [2.24, 2.45) is 11.5 Å². The summed E-state index contributed by atoms with van der Waals surface area (Å²) in [5, 5.41) is 23.2. The van der Waals surface area contributed by atoms with Gasteiger partial charge in [0.15, 0.2) is 0 Å². The maximum absolute atomic E-state index is 12.5. The molecule has 10 nitrogen and oxygen atoms in total. The zero-order chi connectivity index (χ0) is 20.8. The minimum Gasteiger partial charge on any atom is -0.508 e. The Morgan fingerprint density at radius 1 is 1.11 bits per heavy atom. The van der Waals surface area contributed by atoms with Crippen LogP contribution in [0.1, 0.15) is 25.8 Å². The molecular formula is C17H24N4O6. The summed E-state index contributed by atoms with van der Waals surface area (Å²) < 4.78 is 0. The third-order valence-corrected chi connectivity index (χ3v) is 3.74. The smallest absolute Gasteiger partial charge is 0.328 e. The van der Waals surface area contributed by atoms with Crippen LogP contribution in [0.2, 0.25) is 0 Å². The average molecular weight is 380 g/mol. The molecule has 0 bridgehead atoms. The molecule has 0 aliphatic heterocycles. The summed E-state index contributed by atoms with van der Waals surface area (Å²) in [5.74, 6) is -3.52. The van der Waals surface area contributed by atoms with Gasteiger partial charge in [-0.2, -0.15) is 0 Å². The third kappa shape index (κ3) is 6.94. The fraction of sp³-hybridized carbons (Fsp3) is 0.412. The van der Waals surface area contributed by atoms with E-state index in [1.54, 1.807) is 12.1 Å². The van der Waals surface area contributed by atoms with Crippen LogP contribution in [0.4, 0.5) is 0 Å². The van der Waals surface area contributed by atoms with Crippen molar-refractivity contribution in [1.82, 2.24) is 10.6 Å². The number of hydrogen-bond acceptors (Lipinski definition) is 6. The molecule has 1 aromatic rings. The molecule has 10 heteroatoms. The monoisotopic (exact) mass is 380 g/mol. The van der Waals surface area contributed by atoms with Gasteiger partial charge in [0.05, 0.1) is 12.5 Å². The second-order valence-electron chi connectivity index (χ2n) is 6.63. The Kier molecular flexibility index (Phi) is 7.29. The molecule has 0 heterocycles. The molecule has 2 atom stereocenters. The Labute approximate surface area is 155 Å². The van der Waals surface area contributed by atoms with Gasteiger partial charge in [-0.3, -0.25) is 14.4 Å². The number of phenolic OH excluding ortho intramolecular Hbond substituents is 1. The Morgan fingerprint density at radius 3 is 2.15 bits per heavy atom. The fourth-order valence-electron chi connectivity index (χ4n) is 2.11. The highest BCUT2D eigenvalue weighted by Crippen LogP contribution is 2.12. The molecule has 27 heavy (non-hydrogen) atoms. The van der Waals surface area contributed by atoms with E-state index in [9.17, 15) is 24.3 Å². The number of carboxylic acid groups (broad SMARTS) is 1. The van der Waals surface area contributed by atoms with Crippen molar-refractivity contribution in [2.75, 3.05) is 0 Å². The summed E-state index contributed by atoms with van der Waals surface area (Å²) in [7, 11) is 0. The standard InChI is InChI=1S/C17H24N4O6/c1-17(2,16(26)27)21-15(25)12(7-9-3-5-10(22)6-4-9)20-14(24)11(18)8-13(19)23/h3-6,11-12,22H,7-8,18H2,1-2H3,(H2,19,23)(H,20,24)(H,21,25)(H,26,27)/t11-,12-/m0/s1. The molecule has 8 N–H and O–H groups in total. The highest BCUT2D eigenvalue weighted by molar-refractivity contribution is 5.94. The van der Waals surface area contributed by atoms with E-state index in [1.165, 1.54) is 26.0 Å². The lowest BCUT2D eigenvalue weighted by Crippen LogP contribution is -2.58. The predicted molar refractivity (Wildman–Crippen MR) is 95.4 cm³/mol. The zero-order valence-electron chi connectivity index (χ0n) is 15.1. The molecule has 1 aromatic carbocycles. The molecule has 0 aromatic heterocycles. The lowest BCUT2D eigenvalue weighted by molar-refractivity contribution is -0.146. The summed E-state index contributed by atoms with van der Waals surface area (Å²) in [6, 6.07) is 3.52. The van der Waals surface area contributed by atoms with Crippen LogP contribution in [0.15, 0.2) is 24.3 Å². The summed E-state index contributed by atoms with van der Waals surface area (Å²) in [4.78, 5) is 46.8. The van der Waals surface area contributed by atoms with Crippen molar-refractivity contribution in [3.8, 4) is 5.75 Å². The van der Waals surface area contributed by atoms with Crippen LogP contribution in [0.3, 0.4) is 0 Å². The largest absolute Gasteiger partial charge is 0.508 e. The first-order valence-electron chi connectivity index (χ1n) is 8.10. The number of benzene rings is 1. The lowest BCUT2D eigenvalue weighted by Gasteiger charge is -2.26. The first-order chi connectivity index (χ1) is 12.4. The van der Waals surface area contributed by atoms with Crippen LogP contribution in [0, 0.1) is 0 Å². The van der Waals surface area contributed by atoms with E-state index in [2.05, 4.69) is 10.6 Å². The molecular weight excluding hydrogens is 356 g/mol. The van der Waals surface area contributed by atoms with Crippen LogP contribution in [-0.2, 0) is 25.6 Å². The van der Waals surface area contributed by atoms with Gasteiger partial charge in [-0.15, -0.1) is 0 Å². The van der Waals surface area contributed by atoms with Crippen LogP contribution in [0.25, 0.3) is 0 Å². The van der Waals surface area contributed by atoms with Crippen molar-refractivity contribution in [3.05, 3.63) is 29.8 Å². The highest BCUT2D eigenvalue weighted by Gasteiger charge is 2.33. The molecule has 0 aliphatic rings. The van der Waals surface area contributed by atoms with Gasteiger partial charge in [-0.05, 0) is 31.5 Å². The van der Waals surface area contributed by atoms with Gasteiger partial charge in [0.25, 0.3) is 0 Å². The maximum atomic E-state index is 12.5. The molecule has 0 saturated carbocycles. The number of nitrogens with two attached hydrogens (primary N) is 2. The Bertz CT molecular complexity index is 717. The first-order valence-corrected chi connectivity index (χ1v) is 8.10. The minimum absolute atomic E-state index is 0.0108. The van der Waals surface area contributed by atoms with Gasteiger partial charge in [-0.1, -0.05) is 12.1 Å². The Hall–Kier alpha value is -3.14. The highest BCUT2D eigenvalue weighted by atomic mass is 16.4. The molecule has 0 radical (unpaired) electrons. The Morgan fingerprint density at radius 2 is 1.67 bits per heavy atom. The maximum Gasteiger partial charge on any atom is 0.328 e. The third-order valence-electron chi connectivity index (χ3n) is 3.74. The van der Waals surface area contributed by atoms with Gasteiger partial charge in [0.1, 0.15) is 17.3 Å². The number of carbonyl (C=O) groups excluding carboxylic acids is 3. The SMILES string of the molecule is CC(C)(NC(=O)[C@H](Cc1ccc(O)cc1)NC(=O)[C@@H](N)CC(N)=O)C(=O)O. The molecule has 0 unspecified atom stereocenters. The van der Waals surface area contributed by atoms with Crippen molar-refractivity contribution in [1.29, 1.82) is 0 Å². The molecule has 1 rings (SSSR count). The van der Waals surface area contributed by atoms with Crippen molar-refractivity contribution in [2.45, 2.75) is 44.3 Å². The fourth-order valence-corrected chi connectivity index (χ4v) is 2.11. The normalized spacial score (nSPS) is 13.3. The molecule has 0 fully saturated rings. The van der Waals surface area contributed by atoms with E-state index in [4.69, 9.17) is 16.6 Å². The number of primary amides is 1. The average Bonchev–Trinajstić information content (AvgIpc) is 2.54. The number of amides is 3. The van der Waals surface area contributed by atoms with Crippen LogP contribution >= 0.6 is 0 Å². The molecule has 0 saturated heterocycles. The number of rotatable bonds is 9. The molecule has 0 spiro atoms. The zero-order valence-corrected chi connectivity index (χ0v) is 15.1. The van der Waals surface area contributed by atoms with Gasteiger partial charge < -0.3 is 32.3 Å². The number of aromatic hydroxyl groups is 1. The molecule has 148 valence electrons. The molecule has 3 amide bonds. The van der Waals surface area contributed by atoms with Gasteiger partial charge >= 0.3 is 5.97 Å². The van der Waals surface area contributed by atoms with E-state index in [0.717, 1.165) is 0 Å². The van der Waals surface area contributed by atoms with Crippen molar-refractivity contribution in [3.63, 3.8) is 0 Å². The Balaban J connectivity index is 2.98. The topological polar surface area (TPSA) is 185 Å². The van der Waals surface area contributed by atoms with Crippen LogP contribution in [0.5, 0.6) is 5.75 Å². The summed E-state index contributed by atoms with van der Waals surface area (Å²) in [6.07, 6.45) is -0.392. The van der Waals surface area contributed by atoms with Gasteiger partial charge in [0, 0.05) is 6.42 Å². The van der Waals surface area contributed by atoms with Crippen LogP contribution < -0.4 is 22.1 Å². The number of aliphatic carboxylic acids is 1. The molecule has 0 aliphatic carbocycles. The first kappa shape index (κ1) is 21.9. The van der Waals surface area contributed by atoms with Gasteiger partial charge in [0.2, 0.25) is 17.7 Å². The van der Waals surface area contributed by atoms with Crippen molar-refractivity contribution < 1.29 is 29.4 Å². The van der Waals surface area contributed by atoms with E-state index in [0.29, 0.717) is 5.56 Å². The number of hydrogen-bond donors (Lipinski definition) is 6. The second kappa shape index (κ2) is 8.99. The van der Waals surface area contributed by atoms with E-state index < -0.39 is 47.7 Å². The summed E-state index contributed by atoms with van der Waals surface area (Å²) in [6.45, 7) is 2.59. The quantitative estimate of drug-likeness (QED) is 0.304. The number of carboxylic acids is 1. The number of phenols is 1. The van der Waals surface area contributed by atoms with Crippen LogP contribution in [-0.4, -0.2) is 51.5 Å². The number of nitrogens with one attached hydrogen (secondary N) is 2. The van der Waals surface area contributed by atoms with Crippen molar-refractivity contribution >= 4 is 23.7 Å². The number of carbonyl (C=O) groups is 4. The summed E-state index contributed by atoms with van der Waals surface area (Å²) >= 11 is 0. The minimum atomic E-state index is -1.57. The van der Waals surface area contributed by atoms with Gasteiger partial charge in [-0.25, -0.2) is 4.79 Å². The van der Waals surface area contributed by atoms with E-state index >= 15 is 0 Å². The predicted octanol–water partition coefficient (Wildman–Crippen LogP) is -1.40. The second-order valence-corrected chi connectivity index (χ2v) is 6.63. The summed E-state index contributed by atoms with van der Waals surface area (Å²) in [5.41, 5.74) is 9.63. The van der Waals surface area contributed by atoms with E-state index in [-0.39, 0.29) is 12.2 Å². The van der Waals surface area contributed by atoms with E-state index in [1.807, 2.05) is 0 Å².